The molecule has 246 valence electrons. The summed E-state index contributed by atoms with van der Waals surface area (Å²) in [5, 5.41) is 3.86. The molecule has 3 aliphatic heterocycles. The Bertz CT molecular complexity index is 1350. The molecule has 13 heteroatoms. The third-order valence-corrected chi connectivity index (χ3v) is 9.40. The highest BCUT2D eigenvalue weighted by Crippen LogP contribution is 2.30. The number of rotatable bonds is 7. The molecule has 3 aliphatic rings. The Morgan fingerprint density at radius 2 is 1.71 bits per heavy atom. The van der Waals surface area contributed by atoms with Gasteiger partial charge >= 0.3 is 6.09 Å². The number of carbonyl (C=O) groups excluding carboxylic acids is 2. The summed E-state index contributed by atoms with van der Waals surface area (Å²) >= 11 is 12.7. The Hall–Kier alpha value is -2.86. The zero-order chi connectivity index (χ0) is 32.3. The first kappa shape index (κ1) is 33.5. The van der Waals surface area contributed by atoms with Crippen molar-refractivity contribution in [2.75, 3.05) is 56.4 Å². The molecule has 4 heterocycles. The molecule has 1 aromatic heterocycles. The zero-order valence-electron chi connectivity index (χ0n) is 26.8. The quantitative estimate of drug-likeness (QED) is 0.436. The molecular formula is C32H46Cl2N8O3. The van der Waals surface area contributed by atoms with Crippen LogP contribution >= 0.6 is 23.2 Å². The topological polar surface area (TPSA) is 120 Å². The smallest absolute Gasteiger partial charge is 0.410 e. The molecule has 3 fully saturated rings. The van der Waals surface area contributed by atoms with Gasteiger partial charge in [0.05, 0.1) is 0 Å². The maximum Gasteiger partial charge on any atom is 0.410 e. The lowest BCUT2D eigenvalue weighted by Crippen LogP contribution is -2.58. The fourth-order valence-corrected chi connectivity index (χ4v) is 6.95. The molecule has 1 aromatic carbocycles. The summed E-state index contributed by atoms with van der Waals surface area (Å²) in [5.74, 6) is 0.0964. The van der Waals surface area contributed by atoms with E-state index in [-0.39, 0.29) is 22.7 Å². The molecule has 2 amide bonds. The van der Waals surface area contributed by atoms with Crippen LogP contribution in [0.25, 0.3) is 0 Å². The van der Waals surface area contributed by atoms with E-state index in [4.69, 9.17) is 33.7 Å². The van der Waals surface area contributed by atoms with Crippen molar-refractivity contribution in [3.8, 4) is 0 Å². The van der Waals surface area contributed by atoms with Crippen LogP contribution < -0.4 is 16.0 Å². The summed E-state index contributed by atoms with van der Waals surface area (Å²) in [7, 11) is 0. The number of benzene rings is 1. The van der Waals surface area contributed by atoms with Crippen molar-refractivity contribution in [1.29, 1.82) is 0 Å². The average Bonchev–Trinajstić information content (AvgIpc) is 3.47. The minimum absolute atomic E-state index is 0.00416. The van der Waals surface area contributed by atoms with Gasteiger partial charge < -0.3 is 25.6 Å². The molecule has 3 saturated heterocycles. The van der Waals surface area contributed by atoms with Crippen molar-refractivity contribution in [3.05, 3.63) is 45.7 Å². The van der Waals surface area contributed by atoms with E-state index in [2.05, 4.69) is 49.0 Å². The largest absolute Gasteiger partial charge is 0.444 e. The summed E-state index contributed by atoms with van der Waals surface area (Å²) in [6, 6.07) is 8.78. The van der Waals surface area contributed by atoms with Gasteiger partial charge in [-0.25, -0.2) is 14.8 Å². The highest BCUT2D eigenvalue weighted by molar-refractivity contribution is 6.32. The fourth-order valence-electron chi connectivity index (χ4n) is 6.57. The number of carbonyl (C=O) groups is 2. The van der Waals surface area contributed by atoms with Gasteiger partial charge in [0, 0.05) is 62.4 Å². The molecule has 2 aromatic rings. The number of nitrogens with zero attached hydrogens (tertiary/aromatic N) is 6. The molecular weight excluding hydrogens is 615 g/mol. The lowest BCUT2D eigenvalue weighted by molar-refractivity contribution is 0.0290. The maximum absolute atomic E-state index is 13.1. The van der Waals surface area contributed by atoms with Crippen LogP contribution in [0.2, 0.25) is 10.2 Å². The number of ether oxygens (including phenoxy) is 1. The van der Waals surface area contributed by atoms with Crippen molar-refractivity contribution < 1.29 is 14.3 Å². The van der Waals surface area contributed by atoms with Gasteiger partial charge in [-0.05, 0) is 77.2 Å². The number of hydrogen-bond donors (Lipinski definition) is 2. The van der Waals surface area contributed by atoms with Gasteiger partial charge in [-0.2, -0.15) is 0 Å². The second kappa shape index (κ2) is 14.3. The molecule has 0 radical (unpaired) electrons. The van der Waals surface area contributed by atoms with Gasteiger partial charge in [0.25, 0.3) is 5.91 Å². The number of halogens is 2. The summed E-state index contributed by atoms with van der Waals surface area (Å²) < 4.78 is 5.45. The highest BCUT2D eigenvalue weighted by atomic mass is 35.5. The molecule has 0 saturated carbocycles. The number of anilines is 2. The molecule has 3 N–H and O–H groups in total. The van der Waals surface area contributed by atoms with Gasteiger partial charge in [0.1, 0.15) is 5.60 Å². The van der Waals surface area contributed by atoms with Gasteiger partial charge in [-0.15, -0.1) is 0 Å². The maximum atomic E-state index is 13.1. The van der Waals surface area contributed by atoms with Gasteiger partial charge in [-0.3, -0.25) is 14.6 Å². The van der Waals surface area contributed by atoms with Crippen molar-refractivity contribution in [1.82, 2.24) is 30.0 Å². The lowest BCUT2D eigenvalue weighted by Gasteiger charge is -2.47. The van der Waals surface area contributed by atoms with Crippen molar-refractivity contribution in [2.24, 2.45) is 0 Å². The normalized spacial score (nSPS) is 22.1. The number of nitrogens with two attached hydrogens (primary N) is 1. The lowest BCUT2D eigenvalue weighted by atomic mass is 9.98. The van der Waals surface area contributed by atoms with E-state index in [1.165, 1.54) is 5.56 Å². The van der Waals surface area contributed by atoms with Crippen LogP contribution in [0.4, 0.5) is 16.4 Å². The van der Waals surface area contributed by atoms with Gasteiger partial charge in [-0.1, -0.05) is 42.3 Å². The second-order valence-corrected chi connectivity index (χ2v) is 14.1. The predicted octanol–water partition coefficient (Wildman–Crippen LogP) is 4.67. The first-order valence-corrected chi connectivity index (χ1v) is 16.7. The Balaban J connectivity index is 1.15. The summed E-state index contributed by atoms with van der Waals surface area (Å²) in [4.78, 5) is 43.4. The molecule has 45 heavy (non-hydrogen) atoms. The van der Waals surface area contributed by atoms with E-state index in [9.17, 15) is 9.59 Å². The predicted molar refractivity (Wildman–Crippen MR) is 178 cm³/mol. The first-order valence-electron chi connectivity index (χ1n) is 16.0. The van der Waals surface area contributed by atoms with E-state index in [1.54, 1.807) is 4.90 Å². The summed E-state index contributed by atoms with van der Waals surface area (Å²) in [5.41, 5.74) is 6.99. The number of amides is 2. The molecule has 11 nitrogen and oxygen atoms in total. The van der Waals surface area contributed by atoms with E-state index in [1.807, 2.05) is 32.9 Å². The average molecular weight is 662 g/mol. The molecule has 0 bridgehead atoms. The number of piperazine rings is 1. The standard InChI is InChI=1S/C32H46Cl2N8O3/c1-5-24-20-40(16-17-42(24)25-11-13-39(14-12-25)18-21-6-8-22(33)9-7-21)29-27(34)37-26(28(35)38-29)30(43)36-23-10-15-41(19-23)31(44)45-32(2,3)4/h6-9,23-25H,5,10-20H2,1-4H3,(H2,35,38)(H,36,43)/t23-,24+/m1/s1. The van der Waals surface area contributed by atoms with Crippen LogP contribution in [-0.4, -0.2) is 106 Å². The Morgan fingerprint density at radius 1 is 1.00 bits per heavy atom. The number of piperidine rings is 1. The molecule has 0 unspecified atom stereocenters. The third kappa shape index (κ3) is 8.49. The SMILES string of the molecule is CC[C@H]1CN(c2nc(N)c(C(=O)N[C@@H]3CCN(C(=O)OC(C)(C)C)C3)nc2Cl)CCN1C1CCN(Cc2ccc(Cl)cc2)CC1. The van der Waals surface area contributed by atoms with E-state index in [0.717, 1.165) is 63.6 Å². The van der Waals surface area contributed by atoms with Gasteiger partial charge in [0.2, 0.25) is 0 Å². The number of aromatic nitrogens is 2. The summed E-state index contributed by atoms with van der Waals surface area (Å²) in [6.45, 7) is 14.1. The Labute approximate surface area is 276 Å². The fraction of sp³-hybridized carbons (Fsp3) is 0.625. The molecule has 0 aliphatic carbocycles. The van der Waals surface area contributed by atoms with Crippen molar-refractivity contribution in [3.63, 3.8) is 0 Å². The van der Waals surface area contributed by atoms with Crippen LogP contribution in [0.1, 0.15) is 69.4 Å². The van der Waals surface area contributed by atoms with Gasteiger partial charge in [0.15, 0.2) is 22.5 Å². The van der Waals surface area contributed by atoms with Crippen LogP contribution in [0.5, 0.6) is 0 Å². The van der Waals surface area contributed by atoms with Crippen molar-refractivity contribution >= 4 is 46.8 Å². The highest BCUT2D eigenvalue weighted by Gasteiger charge is 2.35. The van der Waals surface area contributed by atoms with Crippen LogP contribution in [0.15, 0.2) is 24.3 Å². The third-order valence-electron chi connectivity index (χ3n) is 8.90. The van der Waals surface area contributed by atoms with E-state index in [0.29, 0.717) is 37.4 Å². The Kier molecular flexibility index (Phi) is 10.6. The zero-order valence-corrected chi connectivity index (χ0v) is 28.3. The minimum Gasteiger partial charge on any atom is -0.444 e. The Morgan fingerprint density at radius 3 is 2.38 bits per heavy atom. The van der Waals surface area contributed by atoms with E-state index >= 15 is 0 Å². The summed E-state index contributed by atoms with van der Waals surface area (Å²) in [6.07, 6.45) is 3.49. The number of nitrogen functional groups attached to an aromatic ring is 1. The molecule has 2 atom stereocenters. The number of likely N-dealkylation sites (tertiary alicyclic amines) is 2. The van der Waals surface area contributed by atoms with Crippen LogP contribution in [0, 0.1) is 0 Å². The van der Waals surface area contributed by atoms with E-state index < -0.39 is 17.6 Å². The van der Waals surface area contributed by atoms with Crippen LogP contribution in [0.3, 0.4) is 0 Å². The number of nitrogens with one attached hydrogen (secondary N) is 1. The molecule has 0 spiro atoms. The number of hydrogen-bond acceptors (Lipinski definition) is 9. The molecule has 5 rings (SSSR count). The van der Waals surface area contributed by atoms with Crippen molar-refractivity contribution in [2.45, 2.75) is 83.6 Å². The minimum atomic E-state index is -0.582. The van der Waals surface area contributed by atoms with Crippen LogP contribution in [-0.2, 0) is 11.3 Å². The monoisotopic (exact) mass is 660 g/mol. The second-order valence-electron chi connectivity index (χ2n) is 13.3. The first-order chi connectivity index (χ1) is 21.4.